The predicted molar refractivity (Wildman–Crippen MR) is 187 cm³/mol. The first-order valence-corrected chi connectivity index (χ1v) is 18.6. The number of hydrogen-bond donors (Lipinski definition) is 4. The Hall–Kier alpha value is -3.56. The van der Waals surface area contributed by atoms with Gasteiger partial charge in [0, 0.05) is 37.8 Å². The molecule has 1 saturated heterocycles. The smallest absolute Gasteiger partial charge is 0.321 e. The molecule has 2 aromatic carbocycles. The molecule has 1 aliphatic rings. The van der Waals surface area contributed by atoms with Crippen molar-refractivity contribution in [1.29, 1.82) is 0 Å². The zero-order valence-electron chi connectivity index (χ0n) is 28.2. The van der Waals surface area contributed by atoms with E-state index in [9.17, 15) is 23.1 Å². The first-order valence-electron chi connectivity index (χ1n) is 16.1. The number of carbonyl (C=O) groups excluding carboxylic acids is 2. The third kappa shape index (κ3) is 9.32. The molecule has 2 heterocycles. The summed E-state index contributed by atoms with van der Waals surface area (Å²) in [6, 6.07) is 13.7. The van der Waals surface area contributed by atoms with Crippen LogP contribution in [0.2, 0.25) is 0 Å². The number of ether oxygens (including phenoxy) is 1. The van der Waals surface area contributed by atoms with Crippen LogP contribution in [0.5, 0.6) is 0 Å². The predicted octanol–water partition coefficient (Wildman–Crippen LogP) is 3.27. The van der Waals surface area contributed by atoms with Crippen molar-refractivity contribution in [2.75, 3.05) is 32.5 Å². The summed E-state index contributed by atoms with van der Waals surface area (Å²) in [5.41, 5.74) is 7.88. The Morgan fingerprint density at radius 1 is 1.06 bits per heavy atom. The van der Waals surface area contributed by atoms with Crippen LogP contribution < -0.4 is 16.4 Å². The maximum absolute atomic E-state index is 14.0. The minimum Gasteiger partial charge on any atom is -0.399 e. The zero-order valence-corrected chi connectivity index (χ0v) is 29.8. The molecule has 0 aliphatic carbocycles. The molecule has 1 fully saturated rings. The largest absolute Gasteiger partial charge is 0.399 e. The summed E-state index contributed by atoms with van der Waals surface area (Å²) in [7, 11) is -2.21. The number of nitrogen functional groups attached to an aromatic ring is 1. The van der Waals surface area contributed by atoms with Gasteiger partial charge in [0.05, 0.1) is 35.9 Å². The fourth-order valence-corrected chi connectivity index (χ4v) is 8.52. The maximum atomic E-state index is 14.0. The Labute approximate surface area is 287 Å². The van der Waals surface area contributed by atoms with Gasteiger partial charge >= 0.3 is 6.03 Å². The Balaban J connectivity index is 1.49. The topological polar surface area (TPSA) is 167 Å². The lowest BCUT2D eigenvalue weighted by Gasteiger charge is -2.33. The molecule has 0 saturated carbocycles. The first-order chi connectivity index (χ1) is 22.8. The van der Waals surface area contributed by atoms with Crippen molar-refractivity contribution < 1.29 is 27.9 Å². The molecule has 0 bridgehead atoms. The van der Waals surface area contributed by atoms with Crippen molar-refractivity contribution in [1.82, 2.24) is 25.4 Å². The molecule has 12 nitrogen and oxygen atoms in total. The Morgan fingerprint density at radius 3 is 2.38 bits per heavy atom. The quantitative estimate of drug-likeness (QED) is 0.155. The molecular formula is C34H48N6O6S2. The third-order valence-electron chi connectivity index (χ3n) is 8.35. The highest BCUT2D eigenvalue weighted by molar-refractivity contribution is 7.92. The van der Waals surface area contributed by atoms with E-state index in [2.05, 4.69) is 15.6 Å². The number of thiazole rings is 1. The van der Waals surface area contributed by atoms with Crippen molar-refractivity contribution >= 4 is 38.8 Å². The number of benzene rings is 2. The summed E-state index contributed by atoms with van der Waals surface area (Å²) < 4.78 is 32.2. The lowest BCUT2D eigenvalue weighted by atomic mass is 9.97. The zero-order chi connectivity index (χ0) is 35.0. The second-order valence-electron chi connectivity index (χ2n) is 12.8. The summed E-state index contributed by atoms with van der Waals surface area (Å²) in [6.45, 7) is 8.81. The average molecular weight is 701 g/mol. The number of carbonyl (C=O) groups is 2. The monoisotopic (exact) mass is 700 g/mol. The highest BCUT2D eigenvalue weighted by atomic mass is 32.2. The van der Waals surface area contributed by atoms with Gasteiger partial charge in [0.15, 0.2) is 9.84 Å². The molecule has 0 radical (unpaired) electrons. The average Bonchev–Trinajstić information content (AvgIpc) is 3.63. The molecule has 48 heavy (non-hydrogen) atoms. The van der Waals surface area contributed by atoms with E-state index in [-0.39, 0.29) is 35.2 Å². The minimum absolute atomic E-state index is 0.101. The van der Waals surface area contributed by atoms with Crippen LogP contribution in [0.1, 0.15) is 44.0 Å². The van der Waals surface area contributed by atoms with Crippen molar-refractivity contribution in [3.05, 3.63) is 76.2 Å². The maximum Gasteiger partial charge on any atom is 0.321 e. The molecule has 1 aliphatic heterocycles. The van der Waals surface area contributed by atoms with Gasteiger partial charge in [-0.25, -0.2) is 18.2 Å². The summed E-state index contributed by atoms with van der Waals surface area (Å²) in [4.78, 5) is 35.5. The fourth-order valence-electron chi connectivity index (χ4n) is 5.92. The Bertz CT molecular complexity index is 1600. The number of aliphatic hydroxyl groups excluding tert-OH is 1. The second-order valence-corrected chi connectivity index (χ2v) is 15.8. The molecule has 1 aromatic heterocycles. The summed E-state index contributed by atoms with van der Waals surface area (Å²) in [5, 5.41) is 19.3. The molecule has 4 rings (SSSR count). The third-order valence-corrected chi connectivity index (χ3v) is 11.5. The normalized spacial score (nSPS) is 16.4. The van der Waals surface area contributed by atoms with Gasteiger partial charge in [-0.2, -0.15) is 0 Å². The van der Waals surface area contributed by atoms with Crippen LogP contribution in [0.15, 0.2) is 64.9 Å². The number of aromatic nitrogens is 1. The molecule has 4 atom stereocenters. The van der Waals surface area contributed by atoms with Crippen LogP contribution in [0.4, 0.5) is 10.5 Å². The van der Waals surface area contributed by atoms with Crippen LogP contribution in [-0.4, -0.2) is 90.6 Å². The number of methoxy groups -OCH3 is 1. The number of sulfone groups is 1. The van der Waals surface area contributed by atoms with Gasteiger partial charge < -0.3 is 30.7 Å². The van der Waals surface area contributed by atoms with Gasteiger partial charge in [-0.1, -0.05) is 58.0 Å². The molecule has 0 unspecified atom stereocenters. The number of aliphatic hydroxyl groups is 1. The molecule has 3 amide bonds. The van der Waals surface area contributed by atoms with Gasteiger partial charge in [0.25, 0.3) is 0 Å². The van der Waals surface area contributed by atoms with E-state index in [0.717, 1.165) is 16.3 Å². The van der Waals surface area contributed by atoms with E-state index >= 15 is 0 Å². The fraction of sp³-hybridized carbons (Fsp3) is 0.500. The van der Waals surface area contributed by atoms with Crippen molar-refractivity contribution in [2.45, 2.75) is 75.7 Å². The number of amides is 3. The van der Waals surface area contributed by atoms with Crippen molar-refractivity contribution in [3.8, 4) is 0 Å². The van der Waals surface area contributed by atoms with Crippen LogP contribution in [0.3, 0.4) is 0 Å². The Kier molecular flexibility index (Phi) is 13.0. The SMILES string of the molecule is COCc1nc(CN2CCN([C@H](C(=O)N[C@@H](Cc3ccccc3)[C@H](O)CN[C@H](C(C)C)S(=O)(=O)c3ccc(N)cc3)C(C)C)C2=O)cs1. The van der Waals surface area contributed by atoms with Crippen molar-refractivity contribution in [2.24, 2.45) is 11.8 Å². The molecule has 14 heteroatoms. The van der Waals surface area contributed by atoms with Crippen LogP contribution in [0.25, 0.3) is 0 Å². The highest BCUT2D eigenvalue weighted by Gasteiger charge is 2.40. The van der Waals surface area contributed by atoms with E-state index < -0.39 is 33.4 Å². The number of nitrogens with one attached hydrogen (secondary N) is 2. The van der Waals surface area contributed by atoms with Gasteiger partial charge in [-0.15, -0.1) is 11.3 Å². The Morgan fingerprint density at radius 2 is 1.75 bits per heavy atom. The summed E-state index contributed by atoms with van der Waals surface area (Å²) in [6.07, 6.45) is -0.855. The number of nitrogens with two attached hydrogens (primary N) is 1. The van der Waals surface area contributed by atoms with Crippen LogP contribution in [-0.2, 0) is 38.9 Å². The second kappa shape index (κ2) is 16.7. The van der Waals surface area contributed by atoms with Gasteiger partial charge in [-0.05, 0) is 48.1 Å². The van der Waals surface area contributed by atoms with E-state index in [1.165, 1.54) is 35.6 Å². The van der Waals surface area contributed by atoms with Gasteiger partial charge in [0.2, 0.25) is 5.91 Å². The molecule has 3 aromatic rings. The lowest BCUT2D eigenvalue weighted by molar-refractivity contribution is -0.128. The standard InChI is InChI=1S/C34H48N6O6S2/c1-22(2)31(40-16-15-39(34(40)43)19-26-21-47-30(37-26)20-46-5)32(42)38-28(17-24-9-7-6-8-10-24)29(41)18-36-33(23(3)4)48(44,45)27-13-11-25(35)12-14-27/h6-14,21-23,28-29,31,33,36,41H,15-20,35H2,1-5H3,(H,38,42)/t28-,29+,31-,33-/m0/s1. The van der Waals surface area contributed by atoms with E-state index in [0.29, 0.717) is 38.3 Å². The van der Waals surface area contributed by atoms with Crippen LogP contribution >= 0.6 is 11.3 Å². The number of urea groups is 1. The molecule has 5 N–H and O–H groups in total. The van der Waals surface area contributed by atoms with E-state index in [1.54, 1.807) is 30.8 Å². The number of nitrogens with zero attached hydrogens (tertiary/aromatic N) is 3. The summed E-state index contributed by atoms with van der Waals surface area (Å²) in [5.74, 6) is -0.928. The number of rotatable bonds is 17. The van der Waals surface area contributed by atoms with Gasteiger partial charge in [-0.3, -0.25) is 10.1 Å². The molecule has 262 valence electrons. The molecule has 0 spiro atoms. The first kappa shape index (κ1) is 37.3. The highest BCUT2D eigenvalue weighted by Crippen LogP contribution is 2.23. The number of anilines is 1. The van der Waals surface area contributed by atoms with E-state index in [1.807, 2.05) is 49.6 Å². The van der Waals surface area contributed by atoms with Gasteiger partial charge in [0.1, 0.15) is 16.4 Å². The lowest BCUT2D eigenvalue weighted by Crippen LogP contribution is -2.57. The number of hydrogen-bond acceptors (Lipinski definition) is 10. The van der Waals surface area contributed by atoms with E-state index in [4.69, 9.17) is 10.5 Å². The summed E-state index contributed by atoms with van der Waals surface area (Å²) >= 11 is 1.47. The van der Waals surface area contributed by atoms with Crippen molar-refractivity contribution in [3.63, 3.8) is 0 Å². The minimum atomic E-state index is -3.82. The van der Waals surface area contributed by atoms with Crippen LogP contribution in [0, 0.1) is 11.8 Å². The molecular weight excluding hydrogens is 653 g/mol.